The van der Waals surface area contributed by atoms with Gasteiger partial charge in [-0.3, -0.25) is 9.69 Å². The van der Waals surface area contributed by atoms with E-state index in [1.54, 1.807) is 12.1 Å². The number of rotatable bonds is 6. The maximum Gasteiger partial charge on any atom is 0.237 e. The van der Waals surface area contributed by atoms with Crippen LogP contribution in [-0.2, 0) is 4.79 Å². The van der Waals surface area contributed by atoms with Crippen LogP contribution in [0.1, 0.15) is 32.1 Å². The van der Waals surface area contributed by atoms with E-state index < -0.39 is 6.10 Å². The Morgan fingerprint density at radius 3 is 2.81 bits per heavy atom. The molecule has 118 valence electrons. The molecule has 1 amide bonds. The van der Waals surface area contributed by atoms with Crippen LogP contribution in [-0.4, -0.2) is 52.6 Å². The van der Waals surface area contributed by atoms with Gasteiger partial charge in [0.15, 0.2) is 0 Å². The average Bonchev–Trinajstić information content (AvgIpc) is 3.01. The van der Waals surface area contributed by atoms with Gasteiger partial charge in [0, 0.05) is 37.1 Å². The number of thioether (sulfide) groups is 1. The van der Waals surface area contributed by atoms with E-state index in [4.69, 9.17) is 4.42 Å². The molecule has 21 heavy (non-hydrogen) atoms. The molecule has 1 saturated heterocycles. The third-order valence-corrected chi connectivity index (χ3v) is 4.75. The van der Waals surface area contributed by atoms with Gasteiger partial charge in [0.25, 0.3) is 0 Å². The summed E-state index contributed by atoms with van der Waals surface area (Å²) in [7, 11) is 0. The van der Waals surface area contributed by atoms with Crippen molar-refractivity contribution >= 4 is 17.7 Å². The molecule has 1 fully saturated rings. The largest absolute Gasteiger partial charge is 0.467 e. The Bertz CT molecular complexity index is 432. The van der Waals surface area contributed by atoms with E-state index >= 15 is 0 Å². The lowest BCUT2D eigenvalue weighted by atomic mass is 10.1. The first-order chi connectivity index (χ1) is 10.1. The highest BCUT2D eigenvalue weighted by Crippen LogP contribution is 2.18. The summed E-state index contributed by atoms with van der Waals surface area (Å²) in [4.78, 5) is 14.5. The van der Waals surface area contributed by atoms with Crippen molar-refractivity contribution in [3.8, 4) is 0 Å². The van der Waals surface area contributed by atoms with Gasteiger partial charge in [0.1, 0.15) is 11.9 Å². The minimum Gasteiger partial charge on any atom is -0.467 e. The minimum atomic E-state index is -0.683. The molecule has 0 unspecified atom stereocenters. The maximum atomic E-state index is 12.3. The number of furan rings is 1. The van der Waals surface area contributed by atoms with Crippen LogP contribution in [0.25, 0.3) is 0 Å². The molecule has 1 aliphatic rings. The van der Waals surface area contributed by atoms with Gasteiger partial charge >= 0.3 is 0 Å². The van der Waals surface area contributed by atoms with E-state index in [-0.39, 0.29) is 18.0 Å². The lowest BCUT2D eigenvalue weighted by Gasteiger charge is -2.32. The van der Waals surface area contributed by atoms with E-state index in [2.05, 4.69) is 10.2 Å². The van der Waals surface area contributed by atoms with Crippen molar-refractivity contribution in [1.82, 2.24) is 10.2 Å². The molecule has 0 aliphatic carbocycles. The Kier molecular flexibility index (Phi) is 6.14. The number of aliphatic hydroxyl groups is 1. The molecule has 2 heterocycles. The highest BCUT2D eigenvalue weighted by molar-refractivity contribution is 7.99. The van der Waals surface area contributed by atoms with Crippen LogP contribution in [0, 0.1) is 0 Å². The van der Waals surface area contributed by atoms with E-state index in [1.807, 2.05) is 25.6 Å². The first-order valence-corrected chi connectivity index (χ1v) is 8.57. The Morgan fingerprint density at radius 2 is 2.19 bits per heavy atom. The van der Waals surface area contributed by atoms with Crippen LogP contribution in [0.5, 0.6) is 0 Å². The number of nitrogens with one attached hydrogen (secondary N) is 1. The number of carbonyl (C=O) groups excluding carboxylic acids is 1. The lowest BCUT2D eigenvalue weighted by Crippen LogP contribution is -2.50. The lowest BCUT2D eigenvalue weighted by molar-refractivity contribution is -0.126. The third kappa shape index (κ3) is 4.76. The topological polar surface area (TPSA) is 65.7 Å². The van der Waals surface area contributed by atoms with Gasteiger partial charge in [0.2, 0.25) is 5.91 Å². The van der Waals surface area contributed by atoms with Crippen molar-refractivity contribution in [3.63, 3.8) is 0 Å². The van der Waals surface area contributed by atoms with Gasteiger partial charge in [-0.25, -0.2) is 0 Å². The molecule has 1 aromatic rings. The Labute approximate surface area is 130 Å². The molecule has 3 atom stereocenters. The second kappa shape index (κ2) is 7.87. The van der Waals surface area contributed by atoms with Crippen LogP contribution in [0.2, 0.25) is 0 Å². The summed E-state index contributed by atoms with van der Waals surface area (Å²) in [5.74, 6) is 2.74. The maximum absolute atomic E-state index is 12.3. The van der Waals surface area contributed by atoms with E-state index in [1.165, 1.54) is 6.26 Å². The fourth-order valence-electron chi connectivity index (χ4n) is 2.48. The molecule has 6 heteroatoms. The molecule has 2 N–H and O–H groups in total. The summed E-state index contributed by atoms with van der Waals surface area (Å²) in [5.41, 5.74) is 0. The van der Waals surface area contributed by atoms with Crippen LogP contribution in [0.15, 0.2) is 22.8 Å². The van der Waals surface area contributed by atoms with Crippen molar-refractivity contribution < 1.29 is 14.3 Å². The Balaban J connectivity index is 1.78. The second-order valence-electron chi connectivity index (χ2n) is 5.50. The molecule has 0 aromatic carbocycles. The minimum absolute atomic E-state index is 0.0287. The first kappa shape index (κ1) is 16.4. The van der Waals surface area contributed by atoms with Gasteiger partial charge in [-0.1, -0.05) is 0 Å². The number of nitrogens with zero attached hydrogens (tertiary/aromatic N) is 1. The number of hydrogen-bond acceptors (Lipinski definition) is 5. The van der Waals surface area contributed by atoms with Crippen LogP contribution >= 0.6 is 11.8 Å². The highest BCUT2D eigenvalue weighted by Gasteiger charge is 2.24. The molecule has 1 aliphatic heterocycles. The molecule has 0 radical (unpaired) electrons. The zero-order valence-electron chi connectivity index (χ0n) is 12.6. The zero-order valence-corrected chi connectivity index (χ0v) is 13.4. The van der Waals surface area contributed by atoms with Gasteiger partial charge < -0.3 is 14.8 Å². The third-order valence-electron chi connectivity index (χ3n) is 3.81. The van der Waals surface area contributed by atoms with Crippen molar-refractivity contribution in [2.75, 3.05) is 24.6 Å². The van der Waals surface area contributed by atoms with Crippen molar-refractivity contribution in [2.24, 2.45) is 0 Å². The predicted molar refractivity (Wildman–Crippen MR) is 84.2 cm³/mol. The standard InChI is InChI=1S/C15H24N2O3S/c1-11(10-13(18)14-4-3-7-20-14)16-15(19)12(2)17-5-8-21-9-6-17/h3-4,7,11-13,18H,5-6,8-10H2,1-2H3,(H,16,19)/t11-,12-,13-/m1/s1. The second-order valence-corrected chi connectivity index (χ2v) is 6.73. The van der Waals surface area contributed by atoms with Crippen molar-refractivity contribution in [1.29, 1.82) is 0 Å². The summed E-state index contributed by atoms with van der Waals surface area (Å²) in [6.07, 6.45) is 1.30. The number of carbonyl (C=O) groups is 1. The number of amides is 1. The first-order valence-electron chi connectivity index (χ1n) is 7.41. The number of hydrogen-bond donors (Lipinski definition) is 2. The fourth-order valence-corrected chi connectivity index (χ4v) is 3.42. The molecule has 0 bridgehead atoms. The van der Waals surface area contributed by atoms with E-state index in [9.17, 15) is 9.90 Å². The van der Waals surface area contributed by atoms with Gasteiger partial charge in [-0.15, -0.1) is 0 Å². The molecule has 0 saturated carbocycles. The summed E-state index contributed by atoms with van der Waals surface area (Å²) >= 11 is 1.93. The van der Waals surface area contributed by atoms with Gasteiger partial charge in [-0.2, -0.15) is 11.8 Å². The molecular formula is C15H24N2O3S. The summed E-state index contributed by atoms with van der Waals surface area (Å²) in [5, 5.41) is 13.0. The predicted octanol–water partition coefficient (Wildman–Crippen LogP) is 1.65. The van der Waals surface area contributed by atoms with Crippen LogP contribution in [0.3, 0.4) is 0 Å². The zero-order chi connectivity index (χ0) is 15.2. The molecule has 1 aromatic heterocycles. The molecule has 5 nitrogen and oxygen atoms in total. The van der Waals surface area contributed by atoms with Crippen molar-refractivity contribution in [2.45, 2.75) is 38.5 Å². The smallest absolute Gasteiger partial charge is 0.237 e. The fraction of sp³-hybridized carbons (Fsp3) is 0.667. The normalized spacial score (nSPS) is 20.7. The highest BCUT2D eigenvalue weighted by atomic mass is 32.2. The quantitative estimate of drug-likeness (QED) is 0.836. The van der Waals surface area contributed by atoms with E-state index in [0.29, 0.717) is 12.2 Å². The van der Waals surface area contributed by atoms with Crippen LogP contribution in [0.4, 0.5) is 0 Å². The monoisotopic (exact) mass is 312 g/mol. The van der Waals surface area contributed by atoms with Gasteiger partial charge in [-0.05, 0) is 26.0 Å². The van der Waals surface area contributed by atoms with Gasteiger partial charge in [0.05, 0.1) is 12.3 Å². The van der Waals surface area contributed by atoms with E-state index in [0.717, 1.165) is 24.6 Å². The Hall–Kier alpha value is -0.980. The SMILES string of the molecule is C[C@H](C[C@@H](O)c1ccco1)NC(=O)[C@@H](C)N1CCSCC1. The van der Waals surface area contributed by atoms with Crippen LogP contribution < -0.4 is 5.32 Å². The molecule has 0 spiro atoms. The average molecular weight is 312 g/mol. The molecular weight excluding hydrogens is 288 g/mol. The van der Waals surface area contributed by atoms with Crippen molar-refractivity contribution in [3.05, 3.63) is 24.2 Å². The summed E-state index contributed by atoms with van der Waals surface area (Å²) < 4.78 is 5.17. The number of aliphatic hydroxyl groups excluding tert-OH is 1. The Morgan fingerprint density at radius 1 is 1.48 bits per heavy atom. The molecule has 2 rings (SSSR count). The summed E-state index contributed by atoms with van der Waals surface area (Å²) in [6, 6.07) is 3.28. The summed E-state index contributed by atoms with van der Waals surface area (Å²) in [6.45, 7) is 5.77.